The normalized spacial score (nSPS) is 24.3. The molecule has 216 valence electrons. The number of fused-ring (bicyclic) bond motifs is 1. The van der Waals surface area contributed by atoms with E-state index in [2.05, 4.69) is 34.5 Å². The minimum atomic E-state index is -0.735. The largest absolute Gasteiger partial charge is 0.367 e. The van der Waals surface area contributed by atoms with Gasteiger partial charge < -0.3 is 24.8 Å². The van der Waals surface area contributed by atoms with Crippen molar-refractivity contribution in [3.63, 3.8) is 0 Å². The van der Waals surface area contributed by atoms with E-state index in [1.54, 1.807) is 28.4 Å². The molecule has 3 fully saturated rings. The molecule has 40 heavy (non-hydrogen) atoms. The number of piperazine rings is 1. The summed E-state index contributed by atoms with van der Waals surface area (Å²) in [5.41, 5.74) is 2.12. The Bertz CT molecular complexity index is 1230. The van der Waals surface area contributed by atoms with Gasteiger partial charge >= 0.3 is 0 Å². The molecule has 3 aliphatic rings. The fourth-order valence-electron chi connectivity index (χ4n) is 5.93. The predicted molar refractivity (Wildman–Crippen MR) is 157 cm³/mol. The first kappa shape index (κ1) is 28.7. The number of hydrogen-bond donors (Lipinski definition) is 1. The molecular formula is C30H41N5O4S. The summed E-state index contributed by atoms with van der Waals surface area (Å²) >= 11 is 1.64. The second-order valence-electron chi connectivity index (χ2n) is 12.5. The number of likely N-dealkylation sites (N-methyl/N-ethyl adjacent to an activating group) is 1. The lowest BCUT2D eigenvalue weighted by Crippen LogP contribution is -2.53. The highest BCUT2D eigenvalue weighted by molar-refractivity contribution is 7.14. The number of rotatable bonds is 7. The average Bonchev–Trinajstić information content (AvgIpc) is 3.65. The van der Waals surface area contributed by atoms with Crippen molar-refractivity contribution >= 4 is 34.1 Å². The van der Waals surface area contributed by atoms with Crippen molar-refractivity contribution in [3.8, 4) is 11.3 Å². The van der Waals surface area contributed by atoms with Gasteiger partial charge in [0.2, 0.25) is 5.91 Å². The number of aromatic nitrogens is 1. The SMILES string of the molecule is CC[C@H]1CN(C(=O)C(CC(C)(C)C)NC(=O)c2ccc(-c3csc(N4CCN(C)CC4)n3)cc2)[C@@H]2C(=O)CO[C@H]12. The Balaban J connectivity index is 1.28. The maximum Gasteiger partial charge on any atom is 0.251 e. The van der Waals surface area contributed by atoms with Gasteiger partial charge in [0, 0.05) is 55.1 Å². The average molecular weight is 568 g/mol. The minimum absolute atomic E-state index is 0.0497. The summed E-state index contributed by atoms with van der Waals surface area (Å²) in [7, 11) is 2.14. The van der Waals surface area contributed by atoms with Gasteiger partial charge in [0.1, 0.15) is 18.7 Å². The third-order valence-electron chi connectivity index (χ3n) is 8.23. The molecule has 1 N–H and O–H groups in total. The fraction of sp³-hybridized carbons (Fsp3) is 0.600. The van der Waals surface area contributed by atoms with Crippen LogP contribution in [0.25, 0.3) is 11.3 Å². The van der Waals surface area contributed by atoms with Crippen LogP contribution in [0.4, 0.5) is 5.13 Å². The quantitative estimate of drug-likeness (QED) is 0.549. The van der Waals surface area contributed by atoms with E-state index in [4.69, 9.17) is 9.72 Å². The van der Waals surface area contributed by atoms with Crippen molar-refractivity contribution < 1.29 is 19.1 Å². The van der Waals surface area contributed by atoms with Crippen LogP contribution in [0.1, 0.15) is 50.9 Å². The molecule has 0 bridgehead atoms. The second kappa shape index (κ2) is 11.6. The monoisotopic (exact) mass is 567 g/mol. The molecule has 1 aromatic carbocycles. The molecule has 1 aromatic heterocycles. The van der Waals surface area contributed by atoms with Gasteiger partial charge in [-0.15, -0.1) is 11.3 Å². The Morgan fingerprint density at radius 2 is 1.85 bits per heavy atom. The number of nitrogens with one attached hydrogen (secondary N) is 1. The number of Topliss-reactive ketones (excluding diaryl/α,β-unsaturated/α-hetero) is 1. The van der Waals surface area contributed by atoms with Crippen molar-refractivity contribution in [2.75, 3.05) is 51.3 Å². The van der Waals surface area contributed by atoms with E-state index in [-0.39, 0.29) is 41.6 Å². The number of amides is 2. The summed E-state index contributed by atoms with van der Waals surface area (Å²) in [5.74, 6) is -0.434. The molecule has 9 nitrogen and oxygen atoms in total. The highest BCUT2D eigenvalue weighted by Gasteiger charge is 2.52. The van der Waals surface area contributed by atoms with Crippen molar-refractivity contribution in [2.24, 2.45) is 11.3 Å². The van der Waals surface area contributed by atoms with Crippen LogP contribution in [0, 0.1) is 11.3 Å². The third-order valence-corrected chi connectivity index (χ3v) is 9.13. The van der Waals surface area contributed by atoms with E-state index in [1.807, 2.05) is 32.9 Å². The van der Waals surface area contributed by atoms with Crippen LogP contribution in [0.5, 0.6) is 0 Å². The summed E-state index contributed by atoms with van der Waals surface area (Å²) in [5, 5.41) is 6.08. The second-order valence-corrected chi connectivity index (χ2v) is 13.4. The summed E-state index contributed by atoms with van der Waals surface area (Å²) in [6.07, 6.45) is 1.04. The molecule has 3 aliphatic heterocycles. The molecule has 2 amide bonds. The van der Waals surface area contributed by atoms with Crippen molar-refractivity contribution in [3.05, 3.63) is 35.2 Å². The number of ether oxygens (including phenoxy) is 1. The molecule has 1 unspecified atom stereocenters. The molecular weight excluding hydrogens is 526 g/mol. The van der Waals surface area contributed by atoms with Crippen molar-refractivity contribution in [1.82, 2.24) is 20.1 Å². The van der Waals surface area contributed by atoms with E-state index >= 15 is 0 Å². The van der Waals surface area contributed by atoms with Gasteiger partial charge in [0.15, 0.2) is 10.9 Å². The zero-order chi connectivity index (χ0) is 28.6. The van der Waals surface area contributed by atoms with Crippen LogP contribution < -0.4 is 10.2 Å². The zero-order valence-electron chi connectivity index (χ0n) is 24.2. The molecule has 10 heteroatoms. The van der Waals surface area contributed by atoms with E-state index in [0.717, 1.165) is 49.0 Å². The molecule has 0 aliphatic carbocycles. The highest BCUT2D eigenvalue weighted by atomic mass is 32.1. The molecule has 3 saturated heterocycles. The molecule has 0 radical (unpaired) electrons. The molecule has 4 heterocycles. The number of nitrogens with zero attached hydrogens (tertiary/aromatic N) is 4. The molecule has 2 aromatic rings. The number of ketones is 1. The number of carbonyl (C=O) groups excluding carboxylic acids is 3. The zero-order valence-corrected chi connectivity index (χ0v) is 25.0. The number of likely N-dealkylation sites (tertiary alicyclic amines) is 1. The van der Waals surface area contributed by atoms with Gasteiger partial charge in [-0.3, -0.25) is 14.4 Å². The van der Waals surface area contributed by atoms with Gasteiger partial charge in [0.25, 0.3) is 5.91 Å². The van der Waals surface area contributed by atoms with Gasteiger partial charge in [-0.25, -0.2) is 4.98 Å². The van der Waals surface area contributed by atoms with Crippen molar-refractivity contribution in [1.29, 1.82) is 0 Å². The Kier molecular flexibility index (Phi) is 8.31. The summed E-state index contributed by atoms with van der Waals surface area (Å²) in [6, 6.07) is 6.09. The molecule has 5 rings (SSSR count). The Morgan fingerprint density at radius 1 is 1.15 bits per heavy atom. The topological polar surface area (TPSA) is 95.1 Å². The molecule has 0 saturated carbocycles. The lowest BCUT2D eigenvalue weighted by atomic mass is 9.87. The predicted octanol–water partition coefficient (Wildman–Crippen LogP) is 3.30. The summed E-state index contributed by atoms with van der Waals surface area (Å²) in [4.78, 5) is 50.9. The van der Waals surface area contributed by atoms with Gasteiger partial charge in [-0.1, -0.05) is 39.8 Å². The van der Waals surface area contributed by atoms with Gasteiger partial charge in [0.05, 0.1) is 11.8 Å². The standard InChI is InChI=1S/C30H41N5O4S/c1-6-19-16-35(25-24(36)17-39-26(19)25)28(38)22(15-30(2,3)4)31-27(37)21-9-7-20(8-10-21)23-18-40-29(32-23)34-13-11-33(5)12-14-34/h7-10,18-19,22,25-26H,6,11-17H2,1-5H3,(H,31,37)/t19-,22?,25+,26+/m0/s1. The summed E-state index contributed by atoms with van der Waals surface area (Å²) < 4.78 is 5.75. The Morgan fingerprint density at radius 3 is 2.50 bits per heavy atom. The first-order chi connectivity index (χ1) is 19.0. The van der Waals surface area contributed by atoms with Crippen LogP contribution in [0.15, 0.2) is 29.6 Å². The van der Waals surface area contributed by atoms with Crippen LogP contribution in [0.3, 0.4) is 0 Å². The van der Waals surface area contributed by atoms with Crippen LogP contribution in [-0.2, 0) is 14.3 Å². The van der Waals surface area contributed by atoms with Crippen LogP contribution in [0.2, 0.25) is 0 Å². The molecule has 4 atom stereocenters. The number of carbonyl (C=O) groups is 3. The number of thiazole rings is 1. The lowest BCUT2D eigenvalue weighted by molar-refractivity contribution is -0.138. The molecule has 0 spiro atoms. The minimum Gasteiger partial charge on any atom is -0.367 e. The smallest absolute Gasteiger partial charge is 0.251 e. The van der Waals surface area contributed by atoms with Gasteiger partial charge in [-0.05, 0) is 37.4 Å². The van der Waals surface area contributed by atoms with Crippen LogP contribution in [-0.4, -0.2) is 96.9 Å². The maximum absolute atomic E-state index is 13.8. The first-order valence-corrected chi connectivity index (χ1v) is 15.2. The summed E-state index contributed by atoms with van der Waals surface area (Å²) in [6.45, 7) is 12.7. The van der Waals surface area contributed by atoms with E-state index in [1.165, 1.54) is 0 Å². The number of hydrogen-bond acceptors (Lipinski definition) is 8. The van der Waals surface area contributed by atoms with E-state index in [9.17, 15) is 14.4 Å². The number of anilines is 1. The maximum atomic E-state index is 13.8. The lowest BCUT2D eigenvalue weighted by Gasteiger charge is -2.32. The highest BCUT2D eigenvalue weighted by Crippen LogP contribution is 2.35. The van der Waals surface area contributed by atoms with E-state index < -0.39 is 12.1 Å². The van der Waals surface area contributed by atoms with Crippen molar-refractivity contribution in [2.45, 2.75) is 58.7 Å². The van der Waals surface area contributed by atoms with Gasteiger partial charge in [-0.2, -0.15) is 0 Å². The first-order valence-electron chi connectivity index (χ1n) is 14.3. The van der Waals surface area contributed by atoms with E-state index in [0.29, 0.717) is 18.5 Å². The fourth-order valence-corrected chi connectivity index (χ4v) is 6.82. The Hall–Kier alpha value is -2.82. The Labute approximate surface area is 240 Å². The third kappa shape index (κ3) is 6.09. The van der Waals surface area contributed by atoms with Crippen LogP contribution >= 0.6 is 11.3 Å². The number of benzene rings is 1.